The molecule has 3 nitrogen and oxygen atoms in total. The third-order valence-corrected chi connectivity index (χ3v) is 2.74. The lowest BCUT2D eigenvalue weighted by Gasteiger charge is -2.11. The number of nitrogens with zero attached hydrogens (tertiary/aromatic N) is 2. The first-order valence-corrected chi connectivity index (χ1v) is 4.73. The third-order valence-electron chi connectivity index (χ3n) is 2.16. The van der Waals surface area contributed by atoms with Gasteiger partial charge in [-0.2, -0.15) is 0 Å². The molecule has 0 amide bonds. The summed E-state index contributed by atoms with van der Waals surface area (Å²) < 4.78 is 3.02. The smallest absolute Gasteiger partial charge is 0.129 e. The molecule has 1 atom stereocenters. The van der Waals surface area contributed by atoms with Crippen molar-refractivity contribution in [2.45, 2.75) is 19.9 Å². The van der Waals surface area contributed by atoms with Crippen LogP contribution < -0.4 is 5.32 Å². The van der Waals surface area contributed by atoms with Crippen LogP contribution in [0.4, 0.5) is 0 Å². The summed E-state index contributed by atoms with van der Waals surface area (Å²) >= 11 is 3.44. The molecular weight excluding hydrogens is 218 g/mol. The predicted molar refractivity (Wildman–Crippen MR) is 53.1 cm³/mol. The Bertz CT molecular complexity index is 280. The van der Waals surface area contributed by atoms with E-state index in [1.165, 1.54) is 5.69 Å². The monoisotopic (exact) mass is 231 g/mol. The minimum atomic E-state index is 0.325. The van der Waals surface area contributed by atoms with Crippen LogP contribution in [-0.2, 0) is 7.05 Å². The van der Waals surface area contributed by atoms with Crippen molar-refractivity contribution in [1.82, 2.24) is 14.9 Å². The van der Waals surface area contributed by atoms with Crippen LogP contribution in [0.1, 0.15) is 24.5 Å². The Morgan fingerprint density at radius 2 is 2.17 bits per heavy atom. The van der Waals surface area contributed by atoms with Crippen molar-refractivity contribution >= 4 is 15.9 Å². The van der Waals surface area contributed by atoms with Gasteiger partial charge in [-0.25, -0.2) is 4.98 Å². The lowest BCUT2D eigenvalue weighted by atomic mass is 10.2. The van der Waals surface area contributed by atoms with Gasteiger partial charge < -0.3 is 9.88 Å². The molecule has 1 aromatic rings. The molecule has 12 heavy (non-hydrogen) atoms. The molecule has 1 N–H and O–H groups in total. The molecule has 1 unspecified atom stereocenters. The van der Waals surface area contributed by atoms with Crippen LogP contribution >= 0.6 is 15.9 Å². The topological polar surface area (TPSA) is 29.9 Å². The summed E-state index contributed by atoms with van der Waals surface area (Å²) in [6.07, 6.45) is 0. The Labute approximate surface area is 81.3 Å². The molecule has 0 fully saturated rings. The summed E-state index contributed by atoms with van der Waals surface area (Å²) in [5, 5.41) is 3.19. The quantitative estimate of drug-likeness (QED) is 0.842. The Balaban J connectivity index is 3.13. The summed E-state index contributed by atoms with van der Waals surface area (Å²) in [6, 6.07) is 0.325. The molecule has 0 aromatic carbocycles. The van der Waals surface area contributed by atoms with Gasteiger partial charge in [-0.3, -0.25) is 0 Å². The standard InChI is InChI=1S/C8H14BrN3/c1-5(10-3)7-8(9)11-6(2)12(7)4/h5,10H,1-4H3. The van der Waals surface area contributed by atoms with Crippen LogP contribution in [0.2, 0.25) is 0 Å². The van der Waals surface area contributed by atoms with Gasteiger partial charge in [0.1, 0.15) is 10.4 Å². The fourth-order valence-corrected chi connectivity index (χ4v) is 2.06. The number of rotatable bonds is 2. The second-order valence-electron chi connectivity index (χ2n) is 2.90. The average Bonchev–Trinajstić information content (AvgIpc) is 2.26. The van der Waals surface area contributed by atoms with E-state index in [9.17, 15) is 0 Å². The highest BCUT2D eigenvalue weighted by atomic mass is 79.9. The number of hydrogen-bond donors (Lipinski definition) is 1. The van der Waals surface area contributed by atoms with Gasteiger partial charge in [0.15, 0.2) is 0 Å². The zero-order chi connectivity index (χ0) is 9.30. The van der Waals surface area contributed by atoms with Crippen molar-refractivity contribution in [1.29, 1.82) is 0 Å². The second-order valence-corrected chi connectivity index (χ2v) is 3.66. The number of halogens is 1. The molecule has 0 radical (unpaired) electrons. The molecule has 0 aliphatic rings. The van der Waals surface area contributed by atoms with Gasteiger partial charge in [-0.1, -0.05) is 0 Å². The molecule has 4 heteroatoms. The van der Waals surface area contributed by atoms with E-state index in [-0.39, 0.29) is 0 Å². The molecule has 0 aliphatic heterocycles. The van der Waals surface area contributed by atoms with Gasteiger partial charge in [0.2, 0.25) is 0 Å². The number of nitrogens with one attached hydrogen (secondary N) is 1. The SMILES string of the molecule is CNC(C)c1c(Br)nc(C)n1C. The van der Waals surface area contributed by atoms with E-state index < -0.39 is 0 Å². The Morgan fingerprint density at radius 1 is 1.58 bits per heavy atom. The largest absolute Gasteiger partial charge is 0.333 e. The van der Waals surface area contributed by atoms with Crippen molar-refractivity contribution in [3.63, 3.8) is 0 Å². The predicted octanol–water partition coefficient (Wildman–Crippen LogP) is 1.77. The molecular formula is C8H14BrN3. The summed E-state index contributed by atoms with van der Waals surface area (Å²) in [4.78, 5) is 4.32. The summed E-state index contributed by atoms with van der Waals surface area (Å²) in [6.45, 7) is 4.11. The van der Waals surface area contributed by atoms with E-state index in [1.807, 2.05) is 21.0 Å². The van der Waals surface area contributed by atoms with Crippen LogP contribution in [0, 0.1) is 6.92 Å². The Morgan fingerprint density at radius 3 is 2.50 bits per heavy atom. The fraction of sp³-hybridized carbons (Fsp3) is 0.625. The van der Waals surface area contributed by atoms with Crippen LogP contribution in [0.25, 0.3) is 0 Å². The van der Waals surface area contributed by atoms with Crippen molar-refractivity contribution in [3.05, 3.63) is 16.1 Å². The number of aryl methyl sites for hydroxylation is 1. The van der Waals surface area contributed by atoms with Crippen LogP contribution in [0.3, 0.4) is 0 Å². The zero-order valence-corrected chi connectivity index (χ0v) is 9.44. The lowest BCUT2D eigenvalue weighted by molar-refractivity contribution is 0.598. The van der Waals surface area contributed by atoms with Crippen molar-refractivity contribution in [2.24, 2.45) is 7.05 Å². The van der Waals surface area contributed by atoms with Crippen molar-refractivity contribution in [2.75, 3.05) is 7.05 Å². The first kappa shape index (κ1) is 9.74. The normalized spacial score (nSPS) is 13.4. The molecule has 0 aliphatic carbocycles. The third kappa shape index (κ3) is 1.54. The van der Waals surface area contributed by atoms with Crippen LogP contribution in [-0.4, -0.2) is 16.6 Å². The van der Waals surface area contributed by atoms with E-state index in [4.69, 9.17) is 0 Å². The van der Waals surface area contributed by atoms with Gasteiger partial charge in [0.05, 0.1) is 5.69 Å². The maximum atomic E-state index is 4.32. The van der Waals surface area contributed by atoms with E-state index in [0.29, 0.717) is 6.04 Å². The van der Waals surface area contributed by atoms with Gasteiger partial charge >= 0.3 is 0 Å². The van der Waals surface area contributed by atoms with Gasteiger partial charge in [-0.15, -0.1) is 0 Å². The number of aromatic nitrogens is 2. The highest BCUT2D eigenvalue weighted by molar-refractivity contribution is 9.10. The summed E-state index contributed by atoms with van der Waals surface area (Å²) in [5.41, 5.74) is 1.19. The average molecular weight is 232 g/mol. The number of hydrogen-bond acceptors (Lipinski definition) is 2. The Hall–Kier alpha value is -0.350. The molecule has 0 saturated carbocycles. The molecule has 1 heterocycles. The van der Waals surface area contributed by atoms with Gasteiger partial charge in [-0.05, 0) is 36.8 Å². The zero-order valence-electron chi connectivity index (χ0n) is 7.85. The minimum absolute atomic E-state index is 0.325. The second kappa shape index (κ2) is 3.58. The van der Waals surface area contributed by atoms with Crippen molar-refractivity contribution < 1.29 is 0 Å². The van der Waals surface area contributed by atoms with E-state index in [2.05, 4.69) is 37.7 Å². The minimum Gasteiger partial charge on any atom is -0.333 e. The maximum absolute atomic E-state index is 4.32. The van der Waals surface area contributed by atoms with E-state index in [1.54, 1.807) is 0 Å². The summed E-state index contributed by atoms with van der Waals surface area (Å²) in [7, 11) is 3.97. The van der Waals surface area contributed by atoms with Gasteiger partial charge in [0, 0.05) is 13.1 Å². The highest BCUT2D eigenvalue weighted by Crippen LogP contribution is 2.22. The molecule has 1 rings (SSSR count). The fourth-order valence-electron chi connectivity index (χ4n) is 1.19. The molecule has 1 aromatic heterocycles. The molecule has 0 bridgehead atoms. The van der Waals surface area contributed by atoms with Crippen LogP contribution in [0.15, 0.2) is 4.60 Å². The Kier molecular flexibility index (Phi) is 2.90. The first-order valence-electron chi connectivity index (χ1n) is 3.94. The molecule has 0 saturated heterocycles. The van der Waals surface area contributed by atoms with Gasteiger partial charge in [0.25, 0.3) is 0 Å². The number of imidazole rings is 1. The first-order chi connectivity index (χ1) is 5.57. The highest BCUT2D eigenvalue weighted by Gasteiger charge is 2.14. The molecule has 0 spiro atoms. The van der Waals surface area contributed by atoms with E-state index in [0.717, 1.165) is 10.4 Å². The maximum Gasteiger partial charge on any atom is 0.129 e. The van der Waals surface area contributed by atoms with Crippen LogP contribution in [0.5, 0.6) is 0 Å². The van der Waals surface area contributed by atoms with E-state index >= 15 is 0 Å². The molecule has 68 valence electrons. The lowest BCUT2D eigenvalue weighted by Crippen LogP contribution is -2.16. The van der Waals surface area contributed by atoms with Crippen molar-refractivity contribution in [3.8, 4) is 0 Å². The summed E-state index contributed by atoms with van der Waals surface area (Å²) in [5.74, 6) is 1.03.